The molecule has 6 N–H and O–H groups in total. The van der Waals surface area contributed by atoms with Crippen molar-refractivity contribution >= 4 is 107 Å². The van der Waals surface area contributed by atoms with Gasteiger partial charge in [0.2, 0.25) is 0 Å². The van der Waals surface area contributed by atoms with E-state index >= 15 is 0 Å². The van der Waals surface area contributed by atoms with Crippen LogP contribution >= 0.6 is 37.1 Å². The number of thiocyanates is 2. The number of fused-ring (bicyclic) bond motifs is 2. The van der Waals surface area contributed by atoms with Crippen LogP contribution in [0, 0.1) is 21.3 Å². The van der Waals surface area contributed by atoms with E-state index in [2.05, 4.69) is 35.4 Å². The molecule has 0 aliphatic heterocycles. The van der Waals surface area contributed by atoms with Crippen molar-refractivity contribution in [2.45, 2.75) is 9.79 Å². The van der Waals surface area contributed by atoms with Gasteiger partial charge in [-0.3, -0.25) is 0 Å². The summed E-state index contributed by atoms with van der Waals surface area (Å²) in [7, 11) is -3.37. The normalized spacial score (nSPS) is 10.0. The first-order chi connectivity index (χ1) is 23.3. The van der Waals surface area contributed by atoms with Crippen LogP contribution in [0.3, 0.4) is 0 Å². The molecule has 1 radical (unpaired) electrons. The molecule has 6 aromatic rings. The summed E-state index contributed by atoms with van der Waals surface area (Å²) in [5, 5.41) is 27.2. The van der Waals surface area contributed by atoms with Gasteiger partial charge in [-0.25, -0.2) is 10.5 Å². The van der Waals surface area contributed by atoms with Crippen LogP contribution in [0.25, 0.3) is 21.5 Å². The molecule has 0 aromatic heterocycles. The number of nitriles is 2. The molecule has 2 unspecified atom stereocenters. The van der Waals surface area contributed by atoms with Crippen LogP contribution < -0.4 is 21.6 Å². The number of anilines is 4. The summed E-state index contributed by atoms with van der Waals surface area (Å²) in [6, 6.07) is 42.6. The zero-order valence-electron chi connectivity index (χ0n) is 25.4. The molecule has 6 aromatic carbocycles. The molecule has 0 spiro atoms. The number of nitrogens with two attached hydrogens (primary N) is 2. The number of nitrogen functional groups attached to an aromatic ring is 2. The largest absolute Gasteiger partial charge is 2.00 e. The average molecular weight is 802 g/mol. The molecule has 6 rings (SSSR count). The first-order valence-corrected chi connectivity index (χ1v) is 20.0. The Morgan fingerprint density at radius 1 is 0.531 bits per heavy atom. The zero-order chi connectivity index (χ0) is 34.7. The van der Waals surface area contributed by atoms with Crippen molar-refractivity contribution in [3.63, 3.8) is 0 Å². The van der Waals surface area contributed by atoms with Gasteiger partial charge in [0, 0.05) is 10.8 Å². The maximum Gasteiger partial charge on any atom is 2.00 e. The van der Waals surface area contributed by atoms with Crippen LogP contribution in [0.2, 0.25) is 0 Å². The van der Waals surface area contributed by atoms with Gasteiger partial charge < -0.3 is 36.7 Å². The molecule has 2 atom stereocenters. The number of nitrogens with zero attached hydrogens (tertiary/aromatic N) is 2. The Morgan fingerprint density at radius 2 is 0.837 bits per heavy atom. The molecule has 247 valence electrons. The number of para-hydroxylation sites is 2. The van der Waals surface area contributed by atoms with E-state index in [0.29, 0.717) is 11.4 Å². The molecule has 8 nitrogen and oxygen atoms in total. The summed E-state index contributed by atoms with van der Waals surface area (Å²) < 4.78 is 24.6. The van der Waals surface area contributed by atoms with Crippen LogP contribution in [-0.2, 0) is 51.2 Å². The third-order valence-electron chi connectivity index (χ3n) is 6.16. The molecular weight excluding hydrogens is 774 g/mol. The summed E-state index contributed by atoms with van der Waals surface area (Å²) >= 11 is 9.93. The van der Waals surface area contributed by atoms with Gasteiger partial charge in [-0.15, -0.1) is 0 Å². The summed E-state index contributed by atoms with van der Waals surface area (Å²) in [6.45, 7) is 0. The van der Waals surface area contributed by atoms with E-state index < -0.39 is 14.3 Å². The maximum absolute atomic E-state index is 12.3. The first-order valence-electron chi connectivity index (χ1n) is 13.8. The molecule has 0 amide bonds. The summed E-state index contributed by atoms with van der Waals surface area (Å²) in [4.78, 5) is 1.72. The smallest absolute Gasteiger partial charge is 0.696 e. The summed E-state index contributed by atoms with van der Waals surface area (Å²) in [5.41, 5.74) is 15.1. The van der Waals surface area contributed by atoms with E-state index in [4.69, 9.17) is 22.0 Å². The van der Waals surface area contributed by atoms with Crippen molar-refractivity contribution in [3.05, 3.63) is 133 Å². The van der Waals surface area contributed by atoms with E-state index in [1.807, 2.05) is 133 Å². The number of hydrogen-bond acceptors (Lipinski definition) is 10. The zero-order valence-corrected chi connectivity index (χ0v) is 31.5. The van der Waals surface area contributed by atoms with Crippen LogP contribution in [0.15, 0.2) is 143 Å². The molecule has 0 saturated heterocycles. The van der Waals surface area contributed by atoms with Crippen molar-refractivity contribution in [1.82, 2.24) is 0 Å². The topological polar surface area (TPSA) is 158 Å². The molecule has 0 fully saturated rings. The van der Waals surface area contributed by atoms with E-state index in [9.17, 15) is 9.13 Å². The minimum Gasteiger partial charge on any atom is -0.696 e. The second-order valence-electron chi connectivity index (χ2n) is 9.25. The summed E-state index contributed by atoms with van der Waals surface area (Å²) in [6.07, 6.45) is 0. The first kappa shape index (κ1) is 41.0. The molecule has 15 heteroatoms. The van der Waals surface area contributed by atoms with E-state index in [0.717, 1.165) is 42.7 Å². The molecule has 0 aliphatic carbocycles. The fraction of sp³-hybridized carbons (Fsp3) is 0. The molecule has 0 heterocycles. The van der Waals surface area contributed by atoms with Crippen molar-refractivity contribution in [2.24, 2.45) is 0 Å². The Hall–Kier alpha value is -4.13. The minimum absolute atomic E-state index is 0. The third-order valence-corrected chi connectivity index (χ3v) is 11.3. The predicted molar refractivity (Wildman–Crippen MR) is 210 cm³/mol. The Kier molecular flexibility index (Phi) is 18.8. The fourth-order valence-electron chi connectivity index (χ4n) is 4.17. The van der Waals surface area contributed by atoms with Gasteiger partial charge in [0.05, 0.1) is 32.5 Å². The van der Waals surface area contributed by atoms with E-state index in [-0.39, 0.29) is 16.8 Å². The van der Waals surface area contributed by atoms with Crippen molar-refractivity contribution in [3.8, 4) is 10.8 Å². The Balaban J connectivity index is 0.000000288. The second kappa shape index (κ2) is 22.5. The van der Waals surface area contributed by atoms with Crippen LogP contribution in [-0.4, -0.2) is 0 Å². The molecule has 0 aliphatic rings. The van der Waals surface area contributed by atoms with Crippen LogP contribution in [0.4, 0.5) is 22.7 Å². The van der Waals surface area contributed by atoms with Crippen LogP contribution in [0.1, 0.15) is 0 Å². The van der Waals surface area contributed by atoms with Gasteiger partial charge >= 0.3 is 31.1 Å². The molecule has 0 bridgehead atoms. The van der Waals surface area contributed by atoms with Gasteiger partial charge in [0.1, 0.15) is 0 Å². The number of benzene rings is 6. The minimum atomic E-state index is -1.69. The van der Waals surface area contributed by atoms with E-state index in [1.54, 1.807) is 0 Å². The number of nitrogens with one attached hydrogen (secondary N) is 2. The third kappa shape index (κ3) is 13.4. The molecular formula is C34H28CoN6O2P2S4+2. The SMILES string of the molecule is N#C[S-].N#C[S-].Nc1ccc2ccccc2c1S[P+](=O)Nc1ccccc1.Nc1ccc2ccccc2c1S[P+](=O)Nc1ccccc1.[Co+2]. The van der Waals surface area contributed by atoms with E-state index in [1.165, 1.54) is 33.6 Å². The fourth-order valence-corrected chi connectivity index (χ4v) is 9.35. The molecule has 49 heavy (non-hydrogen) atoms. The van der Waals surface area contributed by atoms with Crippen LogP contribution in [0.5, 0.6) is 0 Å². The second-order valence-corrected chi connectivity index (χ2v) is 15.4. The Labute approximate surface area is 316 Å². The number of rotatable bonds is 8. The van der Waals surface area contributed by atoms with Crippen molar-refractivity contribution in [2.75, 3.05) is 21.6 Å². The van der Waals surface area contributed by atoms with Crippen molar-refractivity contribution < 1.29 is 25.9 Å². The van der Waals surface area contributed by atoms with Gasteiger partial charge in [-0.2, -0.15) is 10.2 Å². The standard InChI is InChI=1S/2C16H14N2OPS.2CHNS.Co/c2*17-15-11-10-12-6-4-5-9-14(12)16(15)21-20(19)18-13-7-2-1-3-8-13;2*2-1-3;/h2*1-11H,17H2,(H,18,19);2*3H;/q2*+1;;;+2/p-2. The maximum atomic E-state index is 12.3. The molecule has 0 saturated carbocycles. The van der Waals surface area contributed by atoms with Gasteiger partial charge in [-0.05, 0) is 56.3 Å². The monoisotopic (exact) mass is 801 g/mol. The average Bonchev–Trinajstić information content (AvgIpc) is 3.09. The van der Waals surface area contributed by atoms with Gasteiger partial charge in [-0.1, -0.05) is 108 Å². The van der Waals surface area contributed by atoms with Gasteiger partial charge in [0.25, 0.3) is 0 Å². The Bertz CT molecular complexity index is 1920. The number of hydrogen-bond donors (Lipinski definition) is 4. The van der Waals surface area contributed by atoms with Gasteiger partial charge in [0.15, 0.2) is 22.8 Å². The van der Waals surface area contributed by atoms with Crippen molar-refractivity contribution in [1.29, 1.82) is 10.5 Å². The summed E-state index contributed by atoms with van der Waals surface area (Å²) in [5.74, 6) is 0. The predicted octanol–water partition coefficient (Wildman–Crippen LogP) is 10.6. The quantitative estimate of drug-likeness (QED) is 0.0500. The Morgan fingerprint density at radius 3 is 1.18 bits per heavy atom.